The first-order valence-corrected chi connectivity index (χ1v) is 4.10. The Morgan fingerprint density at radius 3 is 2.19 bits per heavy atom. The van der Waals surface area contributed by atoms with E-state index >= 15 is 0 Å². The molecule has 0 atom stereocenters. The fourth-order valence-corrected chi connectivity index (χ4v) is 1.16. The number of carbonyl (C=O) groups is 2. The molecule has 0 spiro atoms. The molecule has 0 radical (unpaired) electrons. The van der Waals surface area contributed by atoms with E-state index in [1.807, 2.05) is 0 Å². The van der Waals surface area contributed by atoms with E-state index < -0.39 is 12.2 Å². The van der Waals surface area contributed by atoms with Gasteiger partial charge < -0.3 is 10.2 Å². The third kappa shape index (κ3) is 3.66. The number of rotatable bonds is 2. The lowest BCUT2D eigenvalue weighted by atomic mass is 10.1. The number of nitrogens with one attached hydrogen (secondary N) is 2. The highest BCUT2D eigenvalue weighted by Crippen LogP contribution is 2.25. The smallest absolute Gasteiger partial charge is 0.409 e. The highest BCUT2D eigenvalue weighted by atomic mass is 35.5. The summed E-state index contributed by atoms with van der Waals surface area (Å²) in [7, 11) is 0. The largest absolute Gasteiger partial charge is 0.465 e. The summed E-state index contributed by atoms with van der Waals surface area (Å²) < 4.78 is 0. The first-order valence-electron chi connectivity index (χ1n) is 4.10. The highest BCUT2D eigenvalue weighted by Gasteiger charge is 2.09. The molecule has 16 heavy (non-hydrogen) atoms. The van der Waals surface area contributed by atoms with Crippen LogP contribution >= 0.6 is 12.4 Å². The molecule has 0 saturated carbocycles. The molecule has 0 bridgehead atoms. The van der Waals surface area contributed by atoms with Crippen LogP contribution in [0.15, 0.2) is 18.2 Å². The van der Waals surface area contributed by atoms with Crippen molar-refractivity contribution >= 4 is 36.0 Å². The van der Waals surface area contributed by atoms with Crippen molar-refractivity contribution in [1.29, 1.82) is 0 Å². The van der Waals surface area contributed by atoms with Crippen LogP contribution in [0.4, 0.5) is 21.0 Å². The summed E-state index contributed by atoms with van der Waals surface area (Å²) in [6.07, 6.45) is -2.48. The molecule has 0 aliphatic carbocycles. The number of anilines is 2. The van der Waals surface area contributed by atoms with E-state index in [2.05, 4.69) is 10.6 Å². The zero-order valence-corrected chi connectivity index (χ0v) is 9.17. The summed E-state index contributed by atoms with van der Waals surface area (Å²) >= 11 is 0. The minimum atomic E-state index is -1.24. The van der Waals surface area contributed by atoms with Crippen LogP contribution in [0.3, 0.4) is 0 Å². The molecule has 88 valence electrons. The van der Waals surface area contributed by atoms with Crippen molar-refractivity contribution in [1.82, 2.24) is 0 Å². The maximum Gasteiger partial charge on any atom is 0.409 e. The number of aryl methyl sites for hydroxylation is 1. The van der Waals surface area contributed by atoms with Gasteiger partial charge in [-0.3, -0.25) is 10.6 Å². The summed E-state index contributed by atoms with van der Waals surface area (Å²) in [4.78, 5) is 20.9. The molecule has 6 nitrogen and oxygen atoms in total. The predicted octanol–water partition coefficient (Wildman–Crippen LogP) is 2.60. The molecular formula is C9H11ClN2O4. The first-order chi connectivity index (χ1) is 7.00. The van der Waals surface area contributed by atoms with Gasteiger partial charge in [0.25, 0.3) is 0 Å². The normalized spacial score (nSPS) is 8.81. The van der Waals surface area contributed by atoms with Crippen molar-refractivity contribution in [3.63, 3.8) is 0 Å². The zero-order valence-electron chi connectivity index (χ0n) is 8.35. The van der Waals surface area contributed by atoms with E-state index in [1.54, 1.807) is 19.1 Å². The number of hydrogen-bond acceptors (Lipinski definition) is 2. The van der Waals surface area contributed by atoms with Gasteiger partial charge in [0.15, 0.2) is 0 Å². The molecule has 0 fully saturated rings. The second-order valence-electron chi connectivity index (χ2n) is 2.86. The first kappa shape index (κ1) is 14.0. The van der Waals surface area contributed by atoms with Crippen molar-refractivity contribution in [3.05, 3.63) is 23.8 Å². The molecule has 0 heterocycles. The van der Waals surface area contributed by atoms with Gasteiger partial charge in [-0.1, -0.05) is 12.1 Å². The van der Waals surface area contributed by atoms with Gasteiger partial charge in [0.1, 0.15) is 0 Å². The fourth-order valence-electron chi connectivity index (χ4n) is 1.16. The Morgan fingerprint density at radius 1 is 1.12 bits per heavy atom. The maximum atomic E-state index is 10.5. The van der Waals surface area contributed by atoms with Gasteiger partial charge in [0.2, 0.25) is 0 Å². The number of benzene rings is 1. The minimum Gasteiger partial charge on any atom is -0.465 e. The standard InChI is InChI=1S/C9H10N2O4.ClH/c1-5-3-2-4-6(10-8(12)13)7(5)11-9(14)15;/h2-4,10-11H,1H3,(H,12,13)(H,14,15);1H. The average Bonchev–Trinajstić information content (AvgIpc) is 2.09. The summed E-state index contributed by atoms with van der Waals surface area (Å²) in [5, 5.41) is 21.3. The van der Waals surface area contributed by atoms with Crippen LogP contribution in [0.2, 0.25) is 0 Å². The lowest BCUT2D eigenvalue weighted by molar-refractivity contribution is 0.208. The average molecular weight is 247 g/mol. The monoisotopic (exact) mass is 246 g/mol. The predicted molar refractivity (Wildman–Crippen MR) is 61.7 cm³/mol. The Hall–Kier alpha value is -1.95. The van der Waals surface area contributed by atoms with Crippen molar-refractivity contribution in [2.24, 2.45) is 0 Å². The van der Waals surface area contributed by atoms with Crippen LogP contribution < -0.4 is 10.6 Å². The van der Waals surface area contributed by atoms with E-state index in [1.165, 1.54) is 6.07 Å². The van der Waals surface area contributed by atoms with Crippen molar-refractivity contribution < 1.29 is 19.8 Å². The zero-order chi connectivity index (χ0) is 11.4. The number of halogens is 1. The SMILES string of the molecule is Cc1cccc(NC(=O)O)c1NC(=O)O.Cl. The van der Waals surface area contributed by atoms with Crippen LogP contribution in [-0.2, 0) is 0 Å². The second-order valence-corrected chi connectivity index (χ2v) is 2.86. The van der Waals surface area contributed by atoms with Gasteiger partial charge >= 0.3 is 12.2 Å². The lowest BCUT2D eigenvalue weighted by Gasteiger charge is -2.11. The van der Waals surface area contributed by atoms with Crippen LogP contribution in [0.25, 0.3) is 0 Å². The minimum absolute atomic E-state index is 0. The molecule has 7 heteroatoms. The van der Waals surface area contributed by atoms with Crippen LogP contribution in [-0.4, -0.2) is 22.4 Å². The quantitative estimate of drug-likeness (QED) is 0.645. The second kappa shape index (κ2) is 5.82. The Balaban J connectivity index is 0.00000225. The molecule has 1 rings (SSSR count). The number of amides is 2. The lowest BCUT2D eigenvalue weighted by Crippen LogP contribution is -2.14. The molecule has 1 aromatic rings. The third-order valence-electron chi connectivity index (χ3n) is 1.75. The number of hydrogen-bond donors (Lipinski definition) is 4. The molecule has 4 N–H and O–H groups in total. The van der Waals surface area contributed by atoms with Gasteiger partial charge in [-0.05, 0) is 18.6 Å². The molecule has 0 aliphatic heterocycles. The summed E-state index contributed by atoms with van der Waals surface area (Å²) in [5.74, 6) is 0. The third-order valence-corrected chi connectivity index (χ3v) is 1.75. The molecule has 0 saturated heterocycles. The highest BCUT2D eigenvalue weighted by molar-refractivity contribution is 5.95. The number of carboxylic acid groups (broad SMARTS) is 2. The van der Waals surface area contributed by atoms with E-state index in [4.69, 9.17) is 10.2 Å². The molecule has 2 amide bonds. The van der Waals surface area contributed by atoms with E-state index in [-0.39, 0.29) is 23.8 Å². The number of para-hydroxylation sites is 1. The molecule has 0 aliphatic rings. The van der Waals surface area contributed by atoms with Gasteiger partial charge in [-0.15, -0.1) is 12.4 Å². The van der Waals surface area contributed by atoms with Crippen molar-refractivity contribution in [2.45, 2.75) is 6.92 Å². The van der Waals surface area contributed by atoms with Gasteiger partial charge in [-0.25, -0.2) is 9.59 Å². The van der Waals surface area contributed by atoms with E-state index in [0.29, 0.717) is 5.56 Å². The van der Waals surface area contributed by atoms with Crippen LogP contribution in [0.5, 0.6) is 0 Å². The van der Waals surface area contributed by atoms with Crippen molar-refractivity contribution in [2.75, 3.05) is 10.6 Å². The van der Waals surface area contributed by atoms with Gasteiger partial charge in [-0.2, -0.15) is 0 Å². The van der Waals surface area contributed by atoms with E-state index in [9.17, 15) is 9.59 Å². The summed E-state index contributed by atoms with van der Waals surface area (Å²) in [6.45, 7) is 1.68. The van der Waals surface area contributed by atoms with Crippen LogP contribution in [0, 0.1) is 6.92 Å². The summed E-state index contributed by atoms with van der Waals surface area (Å²) in [5.41, 5.74) is 1.10. The molecular weight excluding hydrogens is 236 g/mol. The Morgan fingerprint density at radius 2 is 1.69 bits per heavy atom. The fraction of sp³-hybridized carbons (Fsp3) is 0.111. The molecule has 0 aromatic heterocycles. The Kier molecular flexibility index (Phi) is 5.11. The van der Waals surface area contributed by atoms with Crippen molar-refractivity contribution in [3.8, 4) is 0 Å². The molecule has 1 aromatic carbocycles. The topological polar surface area (TPSA) is 98.7 Å². The Bertz CT molecular complexity index is 408. The maximum absolute atomic E-state index is 10.5. The van der Waals surface area contributed by atoms with Gasteiger partial charge in [0.05, 0.1) is 11.4 Å². The van der Waals surface area contributed by atoms with E-state index in [0.717, 1.165) is 0 Å². The van der Waals surface area contributed by atoms with Crippen LogP contribution in [0.1, 0.15) is 5.56 Å². The van der Waals surface area contributed by atoms with Gasteiger partial charge in [0, 0.05) is 0 Å². The molecule has 0 unspecified atom stereocenters. The Labute approximate surface area is 97.7 Å². The summed E-state index contributed by atoms with van der Waals surface area (Å²) in [6, 6.07) is 4.79.